The Labute approximate surface area is 247 Å². The Hall–Kier alpha value is -3.40. The maximum atomic E-state index is 15.7. The number of aromatic carboxylic acids is 1. The van der Waals surface area contributed by atoms with Crippen LogP contribution in [-0.2, 0) is 5.54 Å². The average molecular weight is 606 g/mol. The minimum atomic E-state index is -1.59. The number of hydrogen-bond acceptors (Lipinski definition) is 4. The van der Waals surface area contributed by atoms with Crippen LogP contribution in [0, 0.1) is 23.0 Å². The quantitative estimate of drug-likeness (QED) is 0.270. The summed E-state index contributed by atoms with van der Waals surface area (Å²) in [6.45, 7) is 6.06. The lowest BCUT2D eigenvalue weighted by molar-refractivity contribution is 0.0693. The second-order valence-electron chi connectivity index (χ2n) is 11.4. The molecule has 0 unspecified atom stereocenters. The third-order valence-corrected chi connectivity index (χ3v) is 7.86. The van der Waals surface area contributed by atoms with Crippen molar-refractivity contribution in [2.75, 3.05) is 19.0 Å². The number of carbonyl (C=O) groups excluding carboxylic acids is 1. The van der Waals surface area contributed by atoms with Crippen LogP contribution in [0.25, 0.3) is 0 Å². The van der Waals surface area contributed by atoms with Crippen molar-refractivity contribution < 1.29 is 28.2 Å². The van der Waals surface area contributed by atoms with Crippen LogP contribution in [0.4, 0.5) is 19.3 Å². The van der Waals surface area contributed by atoms with Crippen molar-refractivity contribution in [3.05, 3.63) is 93.0 Å². The summed E-state index contributed by atoms with van der Waals surface area (Å²) in [5, 5.41) is 12.1. The first-order chi connectivity index (χ1) is 19.2. The van der Waals surface area contributed by atoms with Gasteiger partial charge in [-0.25, -0.2) is 18.4 Å². The van der Waals surface area contributed by atoms with Gasteiger partial charge < -0.3 is 25.8 Å². The van der Waals surface area contributed by atoms with E-state index in [-0.39, 0.29) is 50.1 Å². The highest BCUT2D eigenvalue weighted by molar-refractivity contribution is 6.31. The maximum absolute atomic E-state index is 15.7. The van der Waals surface area contributed by atoms with Crippen molar-refractivity contribution in [2.45, 2.75) is 38.8 Å². The van der Waals surface area contributed by atoms with Gasteiger partial charge in [0.2, 0.25) is 0 Å². The third kappa shape index (κ3) is 5.98. The molecule has 1 aliphatic rings. The van der Waals surface area contributed by atoms with Gasteiger partial charge in [-0.1, -0.05) is 62.2 Å². The van der Waals surface area contributed by atoms with Crippen LogP contribution < -0.4 is 15.8 Å². The molecular formula is C30H31Cl2F2N3O4. The number of nitrogens with zero attached hydrogens (tertiary/aromatic N) is 1. The Balaban J connectivity index is 1.88. The number of carboxylic acids is 1. The van der Waals surface area contributed by atoms with Crippen molar-refractivity contribution in [3.63, 3.8) is 0 Å². The number of nitrogens with one attached hydrogen (secondary N) is 1. The summed E-state index contributed by atoms with van der Waals surface area (Å²) >= 11 is 12.2. The van der Waals surface area contributed by atoms with Gasteiger partial charge in [-0.15, -0.1) is 0 Å². The Morgan fingerprint density at radius 3 is 2.46 bits per heavy atom. The highest BCUT2D eigenvalue weighted by atomic mass is 35.5. The lowest BCUT2D eigenvalue weighted by Gasteiger charge is -2.40. The second kappa shape index (κ2) is 11.5. The molecule has 2 amide bonds. The number of carboxylic acid groups (broad SMARTS) is 1. The van der Waals surface area contributed by atoms with Crippen molar-refractivity contribution in [2.24, 2.45) is 17.1 Å². The summed E-state index contributed by atoms with van der Waals surface area (Å²) in [5.41, 5.74) is 5.59. The zero-order valence-electron chi connectivity index (χ0n) is 23.0. The van der Waals surface area contributed by atoms with E-state index in [9.17, 15) is 14.7 Å². The monoisotopic (exact) mass is 605 g/mol. The molecule has 1 heterocycles. The van der Waals surface area contributed by atoms with Crippen LogP contribution in [0.15, 0.2) is 54.6 Å². The van der Waals surface area contributed by atoms with Gasteiger partial charge in [-0.2, -0.15) is 0 Å². The number of rotatable bonds is 6. The van der Waals surface area contributed by atoms with E-state index < -0.39 is 41.1 Å². The molecule has 0 bridgehead atoms. The van der Waals surface area contributed by atoms with Gasteiger partial charge in [-0.3, -0.25) is 0 Å². The van der Waals surface area contributed by atoms with Crippen LogP contribution in [0.1, 0.15) is 54.7 Å². The van der Waals surface area contributed by atoms with Crippen molar-refractivity contribution in [3.8, 4) is 5.75 Å². The molecule has 3 atom stereocenters. The number of benzene rings is 3. The predicted molar refractivity (Wildman–Crippen MR) is 155 cm³/mol. The Morgan fingerprint density at radius 1 is 1.15 bits per heavy atom. The van der Waals surface area contributed by atoms with E-state index in [2.05, 4.69) is 5.32 Å². The zero-order valence-corrected chi connectivity index (χ0v) is 24.5. The van der Waals surface area contributed by atoms with Gasteiger partial charge >= 0.3 is 12.0 Å². The van der Waals surface area contributed by atoms with Gasteiger partial charge in [-0.05, 0) is 42.2 Å². The van der Waals surface area contributed by atoms with Gasteiger partial charge in [0.25, 0.3) is 0 Å². The SMILES string of the molecule is COc1cc(NC(=O)N2C[C@@H](CC(C)(C)C)[C@](N)(c3ccc(Cl)cc3F)[C@H]2c2cccc(Cl)c2F)ccc1C(=O)O. The van der Waals surface area contributed by atoms with Gasteiger partial charge in [0, 0.05) is 40.4 Å². The molecule has 0 aromatic heterocycles. The Morgan fingerprint density at radius 2 is 1.85 bits per heavy atom. The highest BCUT2D eigenvalue weighted by Gasteiger charge is 2.57. The van der Waals surface area contributed by atoms with Crippen LogP contribution >= 0.6 is 23.2 Å². The molecule has 0 aliphatic carbocycles. The zero-order chi connectivity index (χ0) is 30.3. The van der Waals surface area contributed by atoms with Gasteiger partial charge in [0.1, 0.15) is 22.9 Å². The molecule has 41 heavy (non-hydrogen) atoms. The summed E-state index contributed by atoms with van der Waals surface area (Å²) in [5.74, 6) is -3.13. The number of amides is 2. The molecule has 1 aliphatic heterocycles. The molecule has 1 fully saturated rings. The van der Waals surface area contributed by atoms with E-state index in [4.69, 9.17) is 33.7 Å². The number of hydrogen-bond donors (Lipinski definition) is 3. The normalized spacial score (nSPS) is 20.7. The molecule has 3 aromatic carbocycles. The van der Waals surface area contributed by atoms with Crippen LogP contribution in [0.3, 0.4) is 0 Å². The first-order valence-electron chi connectivity index (χ1n) is 12.8. The minimum absolute atomic E-state index is 0.0275. The topological polar surface area (TPSA) is 105 Å². The molecule has 0 saturated carbocycles. The highest BCUT2D eigenvalue weighted by Crippen LogP contribution is 2.53. The summed E-state index contributed by atoms with van der Waals surface area (Å²) in [7, 11) is 1.31. The van der Waals surface area contributed by atoms with Crippen LogP contribution in [0.5, 0.6) is 5.75 Å². The lowest BCUT2D eigenvalue weighted by Crippen LogP contribution is -2.49. The summed E-state index contributed by atoms with van der Waals surface area (Å²) in [4.78, 5) is 26.8. The Kier molecular flexibility index (Phi) is 8.55. The number of carbonyl (C=O) groups is 2. The maximum Gasteiger partial charge on any atom is 0.339 e. The van der Waals surface area contributed by atoms with E-state index in [0.29, 0.717) is 6.42 Å². The predicted octanol–water partition coefficient (Wildman–Crippen LogP) is 7.47. The smallest absolute Gasteiger partial charge is 0.339 e. The molecule has 3 aromatic rings. The number of likely N-dealkylation sites (tertiary alicyclic amines) is 1. The molecular weight excluding hydrogens is 575 g/mol. The van der Waals surface area contributed by atoms with Crippen LogP contribution in [0.2, 0.25) is 10.0 Å². The third-order valence-electron chi connectivity index (χ3n) is 7.33. The first-order valence-corrected chi connectivity index (χ1v) is 13.6. The van der Waals surface area contributed by atoms with Crippen molar-refractivity contribution in [1.29, 1.82) is 0 Å². The molecule has 1 saturated heterocycles. The molecule has 4 N–H and O–H groups in total. The second-order valence-corrected chi connectivity index (χ2v) is 12.2. The van der Waals surface area contributed by atoms with E-state index >= 15 is 8.78 Å². The number of urea groups is 1. The number of halogens is 4. The summed E-state index contributed by atoms with van der Waals surface area (Å²) in [6, 6.07) is 10.8. The van der Waals surface area contributed by atoms with E-state index in [1.807, 2.05) is 20.8 Å². The minimum Gasteiger partial charge on any atom is -0.496 e. The molecule has 0 spiro atoms. The van der Waals surface area contributed by atoms with Gasteiger partial charge in [0.15, 0.2) is 0 Å². The summed E-state index contributed by atoms with van der Waals surface area (Å²) < 4.78 is 36.5. The van der Waals surface area contributed by atoms with E-state index in [1.54, 1.807) is 6.07 Å². The Bertz CT molecular complexity index is 1500. The molecule has 7 nitrogen and oxygen atoms in total. The molecule has 4 rings (SSSR count). The number of ether oxygens (including phenoxy) is 1. The molecule has 218 valence electrons. The molecule has 11 heteroatoms. The first kappa shape index (κ1) is 30.6. The molecule has 0 radical (unpaired) electrons. The van der Waals surface area contributed by atoms with Crippen molar-refractivity contribution in [1.82, 2.24) is 4.90 Å². The average Bonchev–Trinajstić information content (AvgIpc) is 3.16. The number of methoxy groups -OCH3 is 1. The fraction of sp³-hybridized carbons (Fsp3) is 0.333. The van der Waals surface area contributed by atoms with Crippen molar-refractivity contribution >= 4 is 40.9 Å². The lowest BCUT2D eigenvalue weighted by atomic mass is 9.69. The largest absolute Gasteiger partial charge is 0.496 e. The number of nitrogens with two attached hydrogens (primary N) is 1. The van der Waals surface area contributed by atoms with E-state index in [0.717, 1.165) is 6.07 Å². The van der Waals surface area contributed by atoms with Gasteiger partial charge in [0.05, 0.1) is 23.7 Å². The van der Waals surface area contributed by atoms with E-state index in [1.165, 1.54) is 54.5 Å². The standard InChI is InChI=1S/C30H31Cl2F2N3O4/c1-29(2,3)14-16-15-37(28(40)36-18-9-10-19(27(38)39)24(13-18)41-4)26(20-6-5-7-22(32)25(20)34)30(16,35)21-11-8-17(31)12-23(21)33/h5-13,16,26H,14-15,35H2,1-4H3,(H,36,40)(H,38,39)/t16-,26-,30+/m1/s1. The number of anilines is 1. The summed E-state index contributed by atoms with van der Waals surface area (Å²) in [6.07, 6.45) is 0.467. The fourth-order valence-electron chi connectivity index (χ4n) is 5.65. The fourth-order valence-corrected chi connectivity index (χ4v) is 5.99. The van der Waals surface area contributed by atoms with Crippen LogP contribution in [-0.4, -0.2) is 35.7 Å².